The first-order valence-electron chi connectivity index (χ1n) is 13.3. The number of aliphatic hydroxyl groups excluding tert-OH is 1. The van der Waals surface area contributed by atoms with Crippen LogP contribution in [0.5, 0.6) is 0 Å². The predicted octanol–water partition coefficient (Wildman–Crippen LogP) is 4.80. The van der Waals surface area contributed by atoms with E-state index in [1.165, 1.54) is 6.07 Å². The number of nitrogens with one attached hydrogen (secondary N) is 1. The standard InChI is InChI=1S/C29H39F2N3O5/c1-6-8-34(9-7-2)29(37)22-11-19(5)10-21(15-22)28(36)32-25(14-20-12-23(30)16-24(31)13-20)27(33-38)26(35)17-39-18(3)4/h10-13,15-16,18,25-27,35H,6-9,14,17H2,1-5H3,(H,32,36)/t25-,26+,27+/m0/s1. The number of carbonyl (C=O) groups is 2. The maximum atomic E-state index is 13.9. The van der Waals surface area contributed by atoms with Gasteiger partial charge in [-0.25, -0.2) is 8.78 Å². The van der Waals surface area contributed by atoms with E-state index in [4.69, 9.17) is 4.74 Å². The molecule has 39 heavy (non-hydrogen) atoms. The summed E-state index contributed by atoms with van der Waals surface area (Å²) in [5.74, 6) is -2.46. The molecule has 10 heteroatoms. The molecule has 0 unspecified atom stereocenters. The average molecular weight is 548 g/mol. The van der Waals surface area contributed by atoms with Crippen LogP contribution in [0.2, 0.25) is 0 Å². The Bertz CT molecular complexity index is 1100. The van der Waals surface area contributed by atoms with Crippen LogP contribution in [0.4, 0.5) is 8.78 Å². The molecule has 0 saturated heterocycles. The van der Waals surface area contributed by atoms with E-state index in [1.807, 2.05) is 13.8 Å². The molecule has 0 fully saturated rings. The number of ether oxygens (including phenoxy) is 1. The molecule has 0 heterocycles. The van der Waals surface area contributed by atoms with Crippen LogP contribution < -0.4 is 5.32 Å². The molecular weight excluding hydrogens is 508 g/mol. The van der Waals surface area contributed by atoms with E-state index in [2.05, 4.69) is 10.5 Å². The zero-order valence-electron chi connectivity index (χ0n) is 23.2. The number of hydrogen-bond donors (Lipinski definition) is 2. The van der Waals surface area contributed by atoms with Gasteiger partial charge in [0.1, 0.15) is 23.8 Å². The summed E-state index contributed by atoms with van der Waals surface area (Å²) in [6.45, 7) is 10.2. The molecule has 8 nitrogen and oxygen atoms in total. The van der Waals surface area contributed by atoms with Gasteiger partial charge in [0.15, 0.2) is 0 Å². The third kappa shape index (κ3) is 9.78. The fourth-order valence-corrected chi connectivity index (χ4v) is 4.37. The van der Waals surface area contributed by atoms with Gasteiger partial charge >= 0.3 is 0 Å². The molecule has 2 amide bonds. The van der Waals surface area contributed by atoms with Crippen molar-refractivity contribution in [3.63, 3.8) is 0 Å². The molecule has 2 N–H and O–H groups in total. The highest BCUT2D eigenvalue weighted by molar-refractivity contribution is 6.00. The molecule has 0 aromatic heterocycles. The lowest BCUT2D eigenvalue weighted by molar-refractivity contribution is -0.00905. The maximum absolute atomic E-state index is 13.9. The van der Waals surface area contributed by atoms with Crippen LogP contribution >= 0.6 is 0 Å². The van der Waals surface area contributed by atoms with Gasteiger partial charge in [-0.3, -0.25) is 9.59 Å². The number of nitrogens with zero attached hydrogens (tertiary/aromatic N) is 2. The molecule has 2 rings (SSSR count). The molecule has 0 aliphatic rings. The van der Waals surface area contributed by atoms with Crippen molar-refractivity contribution in [1.29, 1.82) is 0 Å². The van der Waals surface area contributed by atoms with E-state index in [-0.39, 0.29) is 36.2 Å². The zero-order valence-corrected chi connectivity index (χ0v) is 23.2. The van der Waals surface area contributed by atoms with Gasteiger partial charge in [-0.15, -0.1) is 0 Å². The molecule has 0 aliphatic carbocycles. The van der Waals surface area contributed by atoms with Crippen LogP contribution in [0.25, 0.3) is 0 Å². The summed E-state index contributed by atoms with van der Waals surface area (Å²) in [5.41, 5.74) is 1.36. The van der Waals surface area contributed by atoms with Gasteiger partial charge in [-0.2, -0.15) is 4.91 Å². The van der Waals surface area contributed by atoms with Gasteiger partial charge in [0.25, 0.3) is 11.8 Å². The highest BCUT2D eigenvalue weighted by Gasteiger charge is 2.32. The van der Waals surface area contributed by atoms with Crippen LogP contribution in [-0.4, -0.2) is 65.8 Å². The third-order valence-corrected chi connectivity index (χ3v) is 6.08. The molecule has 0 spiro atoms. The number of halogens is 2. The van der Waals surface area contributed by atoms with Crippen molar-refractivity contribution in [3.8, 4) is 0 Å². The summed E-state index contributed by atoms with van der Waals surface area (Å²) in [6.07, 6.45) is -0.235. The van der Waals surface area contributed by atoms with Crippen molar-refractivity contribution >= 4 is 11.8 Å². The van der Waals surface area contributed by atoms with Crippen LogP contribution in [0.1, 0.15) is 72.4 Å². The Morgan fingerprint density at radius 2 is 1.59 bits per heavy atom. The Hall–Kier alpha value is -3.24. The monoisotopic (exact) mass is 547 g/mol. The smallest absolute Gasteiger partial charge is 0.253 e. The van der Waals surface area contributed by atoms with Crippen molar-refractivity contribution < 1.29 is 28.2 Å². The highest BCUT2D eigenvalue weighted by atomic mass is 19.1. The molecule has 0 aliphatic heterocycles. The molecule has 0 saturated carbocycles. The van der Waals surface area contributed by atoms with Gasteiger partial charge in [-0.05, 0) is 81.5 Å². The van der Waals surface area contributed by atoms with Crippen molar-refractivity contribution in [1.82, 2.24) is 10.2 Å². The van der Waals surface area contributed by atoms with Crippen molar-refractivity contribution in [2.75, 3.05) is 19.7 Å². The number of carbonyl (C=O) groups excluding carboxylic acids is 2. The van der Waals surface area contributed by atoms with Gasteiger partial charge in [0.05, 0.1) is 18.8 Å². The van der Waals surface area contributed by atoms with E-state index in [1.54, 1.807) is 37.8 Å². The largest absolute Gasteiger partial charge is 0.388 e. The fourth-order valence-electron chi connectivity index (χ4n) is 4.37. The molecule has 3 atom stereocenters. The van der Waals surface area contributed by atoms with E-state index in [0.29, 0.717) is 30.3 Å². The summed E-state index contributed by atoms with van der Waals surface area (Å²) in [5, 5.41) is 16.4. The number of rotatable bonds is 15. The number of benzene rings is 2. The molecule has 0 radical (unpaired) electrons. The van der Waals surface area contributed by atoms with Crippen LogP contribution in [0.15, 0.2) is 41.6 Å². The Kier molecular flexibility index (Phi) is 12.6. The normalized spacial score (nSPS) is 13.6. The first kappa shape index (κ1) is 32.0. The second kappa shape index (κ2) is 15.4. The maximum Gasteiger partial charge on any atom is 0.253 e. The minimum atomic E-state index is -1.39. The third-order valence-electron chi connectivity index (χ3n) is 6.08. The minimum absolute atomic E-state index is 0.165. The van der Waals surface area contributed by atoms with Crippen molar-refractivity contribution in [2.24, 2.45) is 5.18 Å². The second-order valence-electron chi connectivity index (χ2n) is 9.99. The Balaban J connectivity index is 2.40. The van der Waals surface area contributed by atoms with Crippen molar-refractivity contribution in [2.45, 2.75) is 78.2 Å². The van der Waals surface area contributed by atoms with E-state index < -0.39 is 35.7 Å². The SMILES string of the molecule is CCCN(CCC)C(=O)c1cc(C)cc(C(=O)N[C@@H](Cc2cc(F)cc(F)c2)[C@@H](N=O)[C@H](O)COC(C)C)c1. The topological polar surface area (TPSA) is 108 Å². The van der Waals surface area contributed by atoms with Crippen LogP contribution in [0.3, 0.4) is 0 Å². The number of nitroso groups, excluding NO2 is 1. The molecule has 0 bridgehead atoms. The summed E-state index contributed by atoms with van der Waals surface area (Å²) < 4.78 is 33.2. The van der Waals surface area contributed by atoms with Gasteiger partial charge < -0.3 is 20.1 Å². The second-order valence-corrected chi connectivity index (χ2v) is 9.99. The van der Waals surface area contributed by atoms with E-state index in [0.717, 1.165) is 25.0 Å². The average Bonchev–Trinajstić information content (AvgIpc) is 2.86. The fraction of sp³-hybridized carbons (Fsp3) is 0.517. The summed E-state index contributed by atoms with van der Waals surface area (Å²) in [7, 11) is 0. The Morgan fingerprint density at radius 1 is 1.00 bits per heavy atom. The molecule has 2 aromatic carbocycles. The first-order chi connectivity index (χ1) is 18.5. The van der Waals surface area contributed by atoms with Crippen LogP contribution in [0, 0.1) is 23.5 Å². The lowest BCUT2D eigenvalue weighted by Gasteiger charge is -2.27. The molecule has 214 valence electrons. The predicted molar refractivity (Wildman–Crippen MR) is 146 cm³/mol. The minimum Gasteiger partial charge on any atom is -0.388 e. The number of hydrogen-bond acceptors (Lipinski definition) is 6. The number of aryl methyl sites for hydroxylation is 1. The summed E-state index contributed by atoms with van der Waals surface area (Å²) in [4.78, 5) is 40.2. The molecule has 2 aromatic rings. The van der Waals surface area contributed by atoms with Gasteiger partial charge in [0.2, 0.25) is 0 Å². The quantitative estimate of drug-likeness (QED) is 0.312. The first-order valence-corrected chi connectivity index (χ1v) is 13.3. The zero-order chi connectivity index (χ0) is 29.1. The Morgan fingerprint density at radius 3 is 2.13 bits per heavy atom. The van der Waals surface area contributed by atoms with Gasteiger partial charge in [0, 0.05) is 30.3 Å². The number of aliphatic hydroxyl groups is 1. The summed E-state index contributed by atoms with van der Waals surface area (Å²) in [6, 6.07) is 5.14. The lowest BCUT2D eigenvalue weighted by atomic mass is 9.95. The summed E-state index contributed by atoms with van der Waals surface area (Å²) >= 11 is 0. The van der Waals surface area contributed by atoms with E-state index >= 15 is 0 Å². The van der Waals surface area contributed by atoms with E-state index in [9.17, 15) is 28.4 Å². The van der Waals surface area contributed by atoms with Crippen molar-refractivity contribution in [3.05, 3.63) is 75.2 Å². The Labute approximate surface area is 228 Å². The highest BCUT2D eigenvalue weighted by Crippen LogP contribution is 2.18. The van der Waals surface area contributed by atoms with Crippen LogP contribution in [-0.2, 0) is 11.2 Å². The van der Waals surface area contributed by atoms with Gasteiger partial charge in [-0.1, -0.05) is 19.0 Å². The number of amides is 2. The molecular formula is C29H39F2N3O5. The lowest BCUT2D eigenvalue weighted by Crippen LogP contribution is -2.50.